The highest BCUT2D eigenvalue weighted by atomic mass is 19.3. The molecule has 4 nitrogen and oxygen atoms in total. The molecule has 0 aliphatic carbocycles. The molecule has 0 radical (unpaired) electrons. The maximum atomic E-state index is 12.0. The molecule has 1 aromatic carbocycles. The van der Waals surface area contributed by atoms with Gasteiger partial charge in [-0.2, -0.15) is 8.78 Å². The van der Waals surface area contributed by atoms with Crippen molar-refractivity contribution in [1.82, 2.24) is 10.2 Å². The van der Waals surface area contributed by atoms with Crippen molar-refractivity contribution in [2.75, 3.05) is 20.1 Å². The lowest BCUT2D eigenvalue weighted by molar-refractivity contribution is -0.122. The summed E-state index contributed by atoms with van der Waals surface area (Å²) in [5.74, 6) is 0.110. The number of hydrogen-bond donors (Lipinski definition) is 1. The third-order valence-electron chi connectivity index (χ3n) is 2.59. The molecule has 0 unspecified atom stereocenters. The second-order valence-electron chi connectivity index (χ2n) is 4.54. The van der Waals surface area contributed by atoms with Crippen LogP contribution in [0.4, 0.5) is 8.78 Å². The number of amides is 1. The Morgan fingerprint density at radius 1 is 1.35 bits per heavy atom. The standard InChI is InChI=1S/C14H20F2N2O2/c1-3-8-17-13(19)10-18(2)9-11-4-6-12(7-5-11)20-14(15)16/h4-7,14H,3,8-10H2,1-2H3,(H,17,19). The molecular formula is C14H20F2N2O2. The first kappa shape index (κ1) is 16.4. The summed E-state index contributed by atoms with van der Waals surface area (Å²) in [7, 11) is 1.83. The Morgan fingerprint density at radius 2 is 2.00 bits per heavy atom. The fourth-order valence-electron chi connectivity index (χ4n) is 1.71. The summed E-state index contributed by atoms with van der Waals surface area (Å²) < 4.78 is 28.3. The van der Waals surface area contributed by atoms with Crippen LogP contribution in [0.15, 0.2) is 24.3 Å². The van der Waals surface area contributed by atoms with Crippen LogP contribution in [0.25, 0.3) is 0 Å². The number of ether oxygens (including phenoxy) is 1. The zero-order valence-electron chi connectivity index (χ0n) is 11.7. The van der Waals surface area contributed by atoms with Crippen LogP contribution in [-0.2, 0) is 11.3 Å². The summed E-state index contributed by atoms with van der Waals surface area (Å²) in [6.07, 6.45) is 0.904. The molecule has 1 rings (SSSR count). The molecule has 0 aromatic heterocycles. The smallest absolute Gasteiger partial charge is 0.387 e. The Kier molecular flexibility index (Phi) is 6.93. The normalized spacial score (nSPS) is 10.9. The van der Waals surface area contributed by atoms with Gasteiger partial charge in [0.15, 0.2) is 0 Å². The second kappa shape index (κ2) is 8.47. The molecule has 1 N–H and O–H groups in total. The van der Waals surface area contributed by atoms with Gasteiger partial charge in [-0.25, -0.2) is 0 Å². The molecule has 112 valence electrons. The summed E-state index contributed by atoms with van der Waals surface area (Å²) in [6, 6.07) is 6.40. The molecular weight excluding hydrogens is 266 g/mol. The van der Waals surface area contributed by atoms with Gasteiger partial charge in [0, 0.05) is 13.1 Å². The van der Waals surface area contributed by atoms with Crippen LogP contribution in [0, 0.1) is 0 Å². The highest BCUT2D eigenvalue weighted by Crippen LogP contribution is 2.15. The molecule has 0 saturated heterocycles. The summed E-state index contributed by atoms with van der Waals surface area (Å²) in [5, 5.41) is 2.80. The van der Waals surface area contributed by atoms with E-state index in [1.807, 2.05) is 18.9 Å². The Morgan fingerprint density at radius 3 is 2.55 bits per heavy atom. The lowest BCUT2D eigenvalue weighted by Crippen LogP contribution is -2.35. The minimum absolute atomic E-state index is 0.0213. The first-order chi connectivity index (χ1) is 9.51. The number of likely N-dealkylation sites (N-methyl/N-ethyl adjacent to an activating group) is 1. The van der Waals surface area contributed by atoms with Gasteiger partial charge in [-0.3, -0.25) is 9.69 Å². The van der Waals surface area contributed by atoms with E-state index < -0.39 is 6.61 Å². The molecule has 0 spiro atoms. The fraction of sp³-hybridized carbons (Fsp3) is 0.500. The van der Waals surface area contributed by atoms with Crippen molar-refractivity contribution in [2.24, 2.45) is 0 Å². The number of rotatable bonds is 8. The van der Waals surface area contributed by atoms with E-state index in [0.717, 1.165) is 12.0 Å². The number of nitrogens with one attached hydrogen (secondary N) is 1. The van der Waals surface area contributed by atoms with E-state index in [0.29, 0.717) is 19.6 Å². The van der Waals surface area contributed by atoms with Crippen LogP contribution in [0.5, 0.6) is 5.75 Å². The maximum Gasteiger partial charge on any atom is 0.387 e. The van der Waals surface area contributed by atoms with Crippen LogP contribution >= 0.6 is 0 Å². The first-order valence-corrected chi connectivity index (χ1v) is 6.50. The fourth-order valence-corrected chi connectivity index (χ4v) is 1.71. The Balaban J connectivity index is 2.41. The zero-order valence-corrected chi connectivity index (χ0v) is 11.7. The molecule has 20 heavy (non-hydrogen) atoms. The number of carbonyl (C=O) groups is 1. The first-order valence-electron chi connectivity index (χ1n) is 6.50. The van der Waals surface area contributed by atoms with Crippen molar-refractivity contribution in [1.29, 1.82) is 0 Å². The lowest BCUT2D eigenvalue weighted by Gasteiger charge is -2.16. The topological polar surface area (TPSA) is 41.6 Å². The molecule has 0 heterocycles. The number of carbonyl (C=O) groups excluding carboxylic acids is 1. The zero-order chi connectivity index (χ0) is 15.0. The van der Waals surface area contributed by atoms with Gasteiger partial charge in [0.1, 0.15) is 5.75 Å². The van der Waals surface area contributed by atoms with Crippen LogP contribution in [0.2, 0.25) is 0 Å². The highest BCUT2D eigenvalue weighted by molar-refractivity contribution is 5.77. The van der Waals surface area contributed by atoms with E-state index in [-0.39, 0.29) is 11.7 Å². The largest absolute Gasteiger partial charge is 0.435 e. The number of hydrogen-bond acceptors (Lipinski definition) is 3. The minimum atomic E-state index is -2.81. The molecule has 0 aliphatic rings. The SMILES string of the molecule is CCCNC(=O)CN(C)Cc1ccc(OC(F)F)cc1. The third-order valence-corrected chi connectivity index (χ3v) is 2.59. The molecule has 0 aliphatic heterocycles. The lowest BCUT2D eigenvalue weighted by atomic mass is 10.2. The van der Waals surface area contributed by atoms with Crippen LogP contribution < -0.4 is 10.1 Å². The van der Waals surface area contributed by atoms with Crippen molar-refractivity contribution in [3.8, 4) is 5.75 Å². The molecule has 1 amide bonds. The third kappa shape index (κ3) is 6.47. The van der Waals surface area contributed by atoms with Gasteiger partial charge in [0.25, 0.3) is 0 Å². The van der Waals surface area contributed by atoms with Gasteiger partial charge in [-0.05, 0) is 31.2 Å². The maximum absolute atomic E-state index is 12.0. The van der Waals surface area contributed by atoms with Crippen molar-refractivity contribution in [3.05, 3.63) is 29.8 Å². The van der Waals surface area contributed by atoms with E-state index in [1.54, 1.807) is 12.1 Å². The van der Waals surface area contributed by atoms with Crippen molar-refractivity contribution >= 4 is 5.91 Å². The summed E-state index contributed by atoms with van der Waals surface area (Å²) in [5.41, 5.74) is 0.928. The van der Waals surface area contributed by atoms with Gasteiger partial charge >= 0.3 is 6.61 Å². The summed E-state index contributed by atoms with van der Waals surface area (Å²) in [6.45, 7) is 0.717. The van der Waals surface area contributed by atoms with Gasteiger partial charge in [-0.1, -0.05) is 19.1 Å². The van der Waals surface area contributed by atoms with Gasteiger partial charge < -0.3 is 10.1 Å². The van der Waals surface area contributed by atoms with E-state index in [4.69, 9.17) is 0 Å². The average molecular weight is 286 g/mol. The molecule has 1 aromatic rings. The van der Waals surface area contributed by atoms with Crippen molar-refractivity contribution in [2.45, 2.75) is 26.5 Å². The number of halogens is 2. The van der Waals surface area contributed by atoms with E-state index >= 15 is 0 Å². The molecule has 0 atom stereocenters. The highest BCUT2D eigenvalue weighted by Gasteiger charge is 2.07. The molecule has 0 bridgehead atoms. The number of nitrogens with zero attached hydrogens (tertiary/aromatic N) is 1. The van der Waals surface area contributed by atoms with Crippen LogP contribution in [-0.4, -0.2) is 37.6 Å². The molecule has 0 fully saturated rings. The molecule has 0 saturated carbocycles. The average Bonchev–Trinajstić information content (AvgIpc) is 2.38. The van der Waals surface area contributed by atoms with Gasteiger partial charge in [-0.15, -0.1) is 0 Å². The monoisotopic (exact) mass is 286 g/mol. The minimum Gasteiger partial charge on any atom is -0.435 e. The predicted octanol–water partition coefficient (Wildman–Crippen LogP) is 2.25. The van der Waals surface area contributed by atoms with Crippen molar-refractivity contribution in [3.63, 3.8) is 0 Å². The summed E-state index contributed by atoms with van der Waals surface area (Å²) in [4.78, 5) is 13.4. The summed E-state index contributed by atoms with van der Waals surface area (Å²) >= 11 is 0. The van der Waals surface area contributed by atoms with Crippen LogP contribution in [0.1, 0.15) is 18.9 Å². The second-order valence-corrected chi connectivity index (χ2v) is 4.54. The van der Waals surface area contributed by atoms with E-state index in [1.165, 1.54) is 12.1 Å². The Bertz CT molecular complexity index is 410. The predicted molar refractivity (Wildman–Crippen MR) is 72.7 cm³/mol. The van der Waals surface area contributed by atoms with E-state index in [9.17, 15) is 13.6 Å². The number of benzene rings is 1. The number of alkyl halides is 2. The van der Waals surface area contributed by atoms with Crippen LogP contribution in [0.3, 0.4) is 0 Å². The quantitative estimate of drug-likeness (QED) is 0.797. The Hall–Kier alpha value is -1.69. The molecule has 6 heteroatoms. The Labute approximate surface area is 117 Å². The van der Waals surface area contributed by atoms with Gasteiger partial charge in [0.05, 0.1) is 6.54 Å². The van der Waals surface area contributed by atoms with E-state index in [2.05, 4.69) is 10.1 Å². The van der Waals surface area contributed by atoms with Crippen molar-refractivity contribution < 1.29 is 18.3 Å². The van der Waals surface area contributed by atoms with Gasteiger partial charge in [0.2, 0.25) is 5.91 Å².